The Morgan fingerprint density at radius 3 is 2.40 bits per heavy atom. The summed E-state index contributed by atoms with van der Waals surface area (Å²) in [4.78, 5) is 0. The van der Waals surface area contributed by atoms with Crippen molar-refractivity contribution < 1.29 is 19.7 Å². The SMILES string of the molecule is Cc1ccc(O)c(O)c1CC(I)(COc1ccccc1-c1ccccc1)OCCN. The zero-order chi connectivity index (χ0) is 21.6. The summed E-state index contributed by atoms with van der Waals surface area (Å²) in [5.41, 5.74) is 9.21. The third-order valence-electron chi connectivity index (χ3n) is 4.83. The number of nitrogens with two attached hydrogens (primary N) is 1. The molecule has 6 heteroatoms. The number of ether oxygens (including phenoxy) is 2. The van der Waals surface area contributed by atoms with E-state index in [9.17, 15) is 10.2 Å². The van der Waals surface area contributed by atoms with Crippen LogP contribution in [-0.2, 0) is 11.2 Å². The van der Waals surface area contributed by atoms with Crippen molar-refractivity contribution in [1.82, 2.24) is 0 Å². The molecule has 0 saturated carbocycles. The standard InChI is InChI=1S/C24H26INO4/c1-17-11-12-21(27)23(28)20(17)15-24(25,30-14-13-26)16-29-22-10-6-5-9-19(22)18-7-3-2-4-8-18/h2-12,27-28H,13-16,26H2,1H3. The highest BCUT2D eigenvalue weighted by atomic mass is 127. The smallest absolute Gasteiger partial charge is 0.161 e. The van der Waals surface area contributed by atoms with E-state index in [1.807, 2.05) is 61.5 Å². The average molecular weight is 519 g/mol. The predicted molar refractivity (Wildman–Crippen MR) is 127 cm³/mol. The lowest BCUT2D eigenvalue weighted by molar-refractivity contribution is 0.0113. The fraction of sp³-hybridized carbons (Fsp3) is 0.250. The van der Waals surface area contributed by atoms with Crippen LogP contribution in [-0.4, -0.2) is 33.6 Å². The summed E-state index contributed by atoms with van der Waals surface area (Å²) in [7, 11) is 0. The molecule has 1 atom stereocenters. The highest BCUT2D eigenvalue weighted by molar-refractivity contribution is 14.1. The van der Waals surface area contributed by atoms with Crippen LogP contribution >= 0.6 is 22.6 Å². The topological polar surface area (TPSA) is 84.9 Å². The summed E-state index contributed by atoms with van der Waals surface area (Å²) in [5, 5.41) is 20.3. The van der Waals surface area contributed by atoms with Crippen LogP contribution < -0.4 is 10.5 Å². The largest absolute Gasteiger partial charge is 0.504 e. The van der Waals surface area contributed by atoms with Crippen molar-refractivity contribution in [3.8, 4) is 28.4 Å². The Labute approximate surface area is 190 Å². The van der Waals surface area contributed by atoms with Gasteiger partial charge in [0.05, 0.1) is 6.61 Å². The number of phenols is 2. The van der Waals surface area contributed by atoms with Crippen LogP contribution in [0.1, 0.15) is 11.1 Å². The zero-order valence-electron chi connectivity index (χ0n) is 16.8. The minimum atomic E-state index is -0.781. The number of para-hydroxylation sites is 1. The molecule has 30 heavy (non-hydrogen) atoms. The first kappa shape index (κ1) is 22.4. The average Bonchev–Trinajstić information content (AvgIpc) is 2.77. The molecule has 0 amide bonds. The number of alkyl halides is 1. The van der Waals surface area contributed by atoms with Crippen LogP contribution in [0.2, 0.25) is 0 Å². The Hall–Kier alpha value is -2.29. The van der Waals surface area contributed by atoms with Gasteiger partial charge in [-0.2, -0.15) is 0 Å². The van der Waals surface area contributed by atoms with Crippen LogP contribution in [0.25, 0.3) is 11.1 Å². The van der Waals surface area contributed by atoms with E-state index >= 15 is 0 Å². The third-order valence-corrected chi connectivity index (χ3v) is 5.83. The van der Waals surface area contributed by atoms with Crippen LogP contribution in [0.15, 0.2) is 66.7 Å². The zero-order valence-corrected chi connectivity index (χ0v) is 19.0. The number of hydrogen-bond acceptors (Lipinski definition) is 5. The summed E-state index contributed by atoms with van der Waals surface area (Å²) >= 11 is 2.20. The van der Waals surface area contributed by atoms with Gasteiger partial charge in [-0.05, 0) is 52.8 Å². The van der Waals surface area contributed by atoms with Gasteiger partial charge >= 0.3 is 0 Å². The molecule has 0 saturated heterocycles. The Balaban J connectivity index is 1.86. The van der Waals surface area contributed by atoms with Gasteiger partial charge in [-0.25, -0.2) is 0 Å². The first-order valence-electron chi connectivity index (χ1n) is 9.74. The quantitative estimate of drug-likeness (QED) is 0.215. The predicted octanol–water partition coefficient (Wildman–Crippen LogP) is 4.80. The molecule has 0 bridgehead atoms. The van der Waals surface area contributed by atoms with Crippen LogP contribution in [0, 0.1) is 6.92 Å². The number of phenolic OH excluding ortho intramolecular Hbond substituents is 2. The van der Waals surface area contributed by atoms with Crippen molar-refractivity contribution in [1.29, 1.82) is 0 Å². The maximum absolute atomic E-state index is 10.4. The molecular formula is C24H26INO4. The summed E-state index contributed by atoms with van der Waals surface area (Å²) < 4.78 is 11.5. The molecule has 0 aliphatic heterocycles. The molecule has 0 heterocycles. The summed E-state index contributed by atoms with van der Waals surface area (Å²) in [6.07, 6.45) is 0.354. The Morgan fingerprint density at radius 1 is 0.967 bits per heavy atom. The number of halogens is 1. The fourth-order valence-electron chi connectivity index (χ4n) is 3.23. The molecule has 3 aromatic carbocycles. The molecule has 3 rings (SSSR count). The number of benzene rings is 3. The third kappa shape index (κ3) is 5.44. The van der Waals surface area contributed by atoms with Crippen molar-refractivity contribution in [2.45, 2.75) is 17.0 Å². The Morgan fingerprint density at radius 2 is 1.67 bits per heavy atom. The minimum absolute atomic E-state index is 0.128. The highest BCUT2D eigenvalue weighted by Crippen LogP contribution is 2.38. The van der Waals surface area contributed by atoms with Crippen LogP contribution in [0.3, 0.4) is 0 Å². The maximum Gasteiger partial charge on any atom is 0.161 e. The fourth-order valence-corrected chi connectivity index (χ4v) is 3.99. The van der Waals surface area contributed by atoms with E-state index < -0.39 is 3.61 Å². The van der Waals surface area contributed by atoms with Gasteiger partial charge in [0.2, 0.25) is 0 Å². The van der Waals surface area contributed by atoms with Crippen LogP contribution in [0.4, 0.5) is 0 Å². The number of aromatic hydroxyl groups is 2. The van der Waals surface area contributed by atoms with Gasteiger partial charge < -0.3 is 25.4 Å². The molecule has 0 aliphatic carbocycles. The van der Waals surface area contributed by atoms with Crippen molar-refractivity contribution in [3.63, 3.8) is 0 Å². The van der Waals surface area contributed by atoms with Gasteiger partial charge in [-0.1, -0.05) is 54.6 Å². The van der Waals surface area contributed by atoms with Gasteiger partial charge in [0.1, 0.15) is 12.4 Å². The lowest BCUT2D eigenvalue weighted by Gasteiger charge is -2.29. The molecule has 0 radical (unpaired) electrons. The van der Waals surface area contributed by atoms with Crippen molar-refractivity contribution in [3.05, 3.63) is 77.9 Å². The molecule has 4 N–H and O–H groups in total. The van der Waals surface area contributed by atoms with E-state index in [2.05, 4.69) is 22.6 Å². The molecule has 0 aromatic heterocycles. The monoisotopic (exact) mass is 519 g/mol. The second-order valence-electron chi connectivity index (χ2n) is 7.08. The first-order chi connectivity index (χ1) is 14.4. The second-order valence-corrected chi connectivity index (χ2v) is 9.04. The Kier molecular flexibility index (Phi) is 7.58. The van der Waals surface area contributed by atoms with Crippen LogP contribution in [0.5, 0.6) is 17.2 Å². The molecule has 158 valence electrons. The molecule has 5 nitrogen and oxygen atoms in total. The first-order valence-corrected chi connectivity index (χ1v) is 10.8. The van der Waals surface area contributed by atoms with Crippen molar-refractivity contribution in [2.75, 3.05) is 19.8 Å². The summed E-state index contributed by atoms with van der Waals surface area (Å²) in [6.45, 7) is 2.85. The van der Waals surface area contributed by atoms with Gasteiger partial charge in [0.15, 0.2) is 15.1 Å². The van der Waals surface area contributed by atoms with Crippen molar-refractivity contribution in [2.24, 2.45) is 5.73 Å². The van der Waals surface area contributed by atoms with Gasteiger partial charge in [-0.15, -0.1) is 0 Å². The number of hydrogen-bond donors (Lipinski definition) is 3. The summed E-state index contributed by atoms with van der Waals surface area (Å²) in [5.74, 6) is 0.471. The Bertz CT molecular complexity index is 980. The highest BCUT2D eigenvalue weighted by Gasteiger charge is 2.32. The van der Waals surface area contributed by atoms with E-state index in [-0.39, 0.29) is 18.1 Å². The number of aryl methyl sites for hydroxylation is 1. The molecule has 1 unspecified atom stereocenters. The van der Waals surface area contributed by atoms with Gasteiger partial charge in [0.25, 0.3) is 0 Å². The second kappa shape index (κ2) is 10.1. The van der Waals surface area contributed by atoms with E-state index in [0.717, 1.165) is 22.4 Å². The minimum Gasteiger partial charge on any atom is -0.504 e. The van der Waals surface area contributed by atoms with Gasteiger partial charge in [0, 0.05) is 24.1 Å². The molecule has 0 fully saturated rings. The van der Waals surface area contributed by atoms with Gasteiger partial charge in [-0.3, -0.25) is 0 Å². The maximum atomic E-state index is 10.4. The summed E-state index contributed by atoms with van der Waals surface area (Å²) in [6, 6.07) is 21.2. The molecule has 3 aromatic rings. The lowest BCUT2D eigenvalue weighted by Crippen LogP contribution is -2.37. The van der Waals surface area contributed by atoms with E-state index in [1.54, 1.807) is 6.07 Å². The molecule has 0 spiro atoms. The normalized spacial score (nSPS) is 13.0. The van der Waals surface area contributed by atoms with Crippen molar-refractivity contribution >= 4 is 22.6 Å². The molecular weight excluding hydrogens is 493 g/mol. The van der Waals surface area contributed by atoms with E-state index in [0.29, 0.717) is 25.1 Å². The molecule has 0 aliphatic rings. The van der Waals surface area contributed by atoms with E-state index in [1.165, 1.54) is 6.07 Å². The van der Waals surface area contributed by atoms with E-state index in [4.69, 9.17) is 15.2 Å². The lowest BCUT2D eigenvalue weighted by atomic mass is 10.0. The number of rotatable bonds is 9.